The van der Waals surface area contributed by atoms with Crippen molar-refractivity contribution in [2.24, 2.45) is 0 Å². The first-order chi connectivity index (χ1) is 7.13. The first-order valence-electron chi connectivity index (χ1n) is 4.74. The van der Waals surface area contributed by atoms with Gasteiger partial charge in [-0.2, -0.15) is 0 Å². The molecule has 0 saturated heterocycles. The summed E-state index contributed by atoms with van der Waals surface area (Å²) in [5, 5.41) is 0. The number of aryl methyl sites for hydroxylation is 1. The Kier molecular flexibility index (Phi) is 4.03. The van der Waals surface area contributed by atoms with Gasteiger partial charge in [-0.05, 0) is 43.2 Å². The van der Waals surface area contributed by atoms with Crippen molar-refractivity contribution in [2.45, 2.75) is 13.8 Å². The van der Waals surface area contributed by atoms with Gasteiger partial charge in [-0.15, -0.1) is 0 Å². The van der Waals surface area contributed by atoms with Crippen LogP contribution in [0.5, 0.6) is 0 Å². The summed E-state index contributed by atoms with van der Waals surface area (Å²) < 4.78 is 17.5. The maximum absolute atomic E-state index is 12.8. The zero-order chi connectivity index (χ0) is 11.3. The van der Waals surface area contributed by atoms with E-state index >= 15 is 0 Å². The van der Waals surface area contributed by atoms with E-state index in [1.807, 2.05) is 0 Å². The van der Waals surface area contributed by atoms with Gasteiger partial charge in [-0.3, -0.25) is 0 Å². The molecule has 1 rings (SSSR count). The van der Waals surface area contributed by atoms with Crippen LogP contribution >= 0.6 is 0 Å². The molecule has 15 heavy (non-hydrogen) atoms. The predicted octanol–water partition coefficient (Wildman–Crippen LogP) is 2.71. The number of hydrogen-bond donors (Lipinski definition) is 0. The first-order valence-corrected chi connectivity index (χ1v) is 4.74. The molecule has 0 aliphatic heterocycles. The van der Waals surface area contributed by atoms with Crippen LogP contribution in [0.1, 0.15) is 18.1 Å². The molecule has 3 heteroatoms. The lowest BCUT2D eigenvalue weighted by Crippen LogP contribution is -1.98. The van der Waals surface area contributed by atoms with Crippen LogP contribution in [0.3, 0.4) is 0 Å². The molecular weight excluding hydrogens is 195 g/mol. The second-order valence-electron chi connectivity index (χ2n) is 3.09. The van der Waals surface area contributed by atoms with Crippen molar-refractivity contribution in [2.75, 3.05) is 6.61 Å². The fourth-order valence-corrected chi connectivity index (χ4v) is 1.17. The van der Waals surface area contributed by atoms with E-state index in [9.17, 15) is 9.18 Å². The Morgan fingerprint density at radius 3 is 2.87 bits per heavy atom. The fraction of sp³-hybridized carbons (Fsp3) is 0.250. The van der Waals surface area contributed by atoms with Crippen LogP contribution < -0.4 is 0 Å². The number of esters is 1. The summed E-state index contributed by atoms with van der Waals surface area (Å²) in [7, 11) is 0. The van der Waals surface area contributed by atoms with Crippen LogP contribution in [0.4, 0.5) is 4.39 Å². The standard InChI is InChI=1S/C12H13FO2/c1-3-15-12(14)7-5-10-4-6-11(13)8-9(10)2/h4-8H,3H2,1-2H3/b7-5+. The highest BCUT2D eigenvalue weighted by atomic mass is 19.1. The summed E-state index contributed by atoms with van der Waals surface area (Å²) in [5.41, 5.74) is 1.60. The average molecular weight is 208 g/mol. The van der Waals surface area contributed by atoms with Gasteiger partial charge in [0.25, 0.3) is 0 Å². The molecule has 0 fully saturated rings. The van der Waals surface area contributed by atoms with E-state index < -0.39 is 0 Å². The van der Waals surface area contributed by atoms with Gasteiger partial charge < -0.3 is 4.74 Å². The molecule has 0 unspecified atom stereocenters. The van der Waals surface area contributed by atoms with Gasteiger partial charge in [0.15, 0.2) is 0 Å². The highest BCUT2D eigenvalue weighted by Gasteiger charge is 1.98. The molecule has 0 atom stereocenters. The quantitative estimate of drug-likeness (QED) is 0.564. The molecule has 0 aliphatic rings. The topological polar surface area (TPSA) is 26.3 Å². The molecule has 80 valence electrons. The summed E-state index contributed by atoms with van der Waals surface area (Å²) in [6, 6.07) is 4.41. The number of hydrogen-bond acceptors (Lipinski definition) is 2. The highest BCUT2D eigenvalue weighted by Crippen LogP contribution is 2.11. The SMILES string of the molecule is CCOC(=O)/C=C/c1ccc(F)cc1C. The molecule has 0 N–H and O–H groups in total. The largest absolute Gasteiger partial charge is 0.463 e. The molecule has 0 amide bonds. The van der Waals surface area contributed by atoms with Crippen LogP contribution in [-0.4, -0.2) is 12.6 Å². The minimum Gasteiger partial charge on any atom is -0.463 e. The van der Waals surface area contributed by atoms with Crippen molar-refractivity contribution in [3.05, 3.63) is 41.2 Å². The third-order valence-electron chi connectivity index (χ3n) is 1.92. The van der Waals surface area contributed by atoms with Crippen molar-refractivity contribution in [3.8, 4) is 0 Å². The molecule has 1 aromatic rings. The maximum atomic E-state index is 12.8. The van der Waals surface area contributed by atoms with Crippen LogP contribution in [0.25, 0.3) is 6.08 Å². The van der Waals surface area contributed by atoms with Crippen LogP contribution in [0, 0.1) is 12.7 Å². The number of halogens is 1. The maximum Gasteiger partial charge on any atom is 0.330 e. The second kappa shape index (κ2) is 5.29. The third kappa shape index (κ3) is 3.54. The Morgan fingerprint density at radius 2 is 2.27 bits per heavy atom. The number of carbonyl (C=O) groups excluding carboxylic acids is 1. The fourth-order valence-electron chi connectivity index (χ4n) is 1.17. The van der Waals surface area contributed by atoms with E-state index in [2.05, 4.69) is 0 Å². The van der Waals surface area contributed by atoms with Gasteiger partial charge in [-0.25, -0.2) is 9.18 Å². The molecule has 0 radical (unpaired) electrons. The summed E-state index contributed by atoms with van der Waals surface area (Å²) in [6.07, 6.45) is 2.95. The molecule has 0 saturated carbocycles. The van der Waals surface area contributed by atoms with Gasteiger partial charge in [0.1, 0.15) is 5.82 Å². The molecule has 1 aromatic carbocycles. The number of ether oxygens (including phenoxy) is 1. The summed E-state index contributed by atoms with van der Waals surface area (Å²) in [4.78, 5) is 11.0. The molecule has 2 nitrogen and oxygen atoms in total. The molecule has 0 aromatic heterocycles. The normalized spacial score (nSPS) is 10.6. The monoisotopic (exact) mass is 208 g/mol. The van der Waals surface area contributed by atoms with Crippen LogP contribution in [0.2, 0.25) is 0 Å². The molecular formula is C12H13FO2. The number of rotatable bonds is 3. The van der Waals surface area contributed by atoms with Crippen molar-refractivity contribution in [3.63, 3.8) is 0 Å². The van der Waals surface area contributed by atoms with E-state index in [0.29, 0.717) is 6.61 Å². The molecule has 0 aliphatic carbocycles. The van der Waals surface area contributed by atoms with E-state index in [1.54, 1.807) is 26.0 Å². The van der Waals surface area contributed by atoms with Crippen LogP contribution in [-0.2, 0) is 9.53 Å². The van der Waals surface area contributed by atoms with Crippen molar-refractivity contribution >= 4 is 12.0 Å². The van der Waals surface area contributed by atoms with E-state index in [0.717, 1.165) is 11.1 Å². The zero-order valence-electron chi connectivity index (χ0n) is 8.79. The lowest BCUT2D eigenvalue weighted by atomic mass is 10.1. The second-order valence-corrected chi connectivity index (χ2v) is 3.09. The Balaban J connectivity index is 2.76. The predicted molar refractivity (Wildman–Crippen MR) is 56.8 cm³/mol. The smallest absolute Gasteiger partial charge is 0.330 e. The zero-order valence-corrected chi connectivity index (χ0v) is 8.79. The minimum atomic E-state index is -0.388. The van der Waals surface area contributed by atoms with Gasteiger partial charge in [0, 0.05) is 6.08 Å². The van der Waals surface area contributed by atoms with Gasteiger partial charge in [-0.1, -0.05) is 6.07 Å². The minimum absolute atomic E-state index is 0.277. The van der Waals surface area contributed by atoms with E-state index in [4.69, 9.17) is 4.74 Å². The van der Waals surface area contributed by atoms with Gasteiger partial charge >= 0.3 is 5.97 Å². The van der Waals surface area contributed by atoms with Crippen molar-refractivity contribution in [1.82, 2.24) is 0 Å². The van der Waals surface area contributed by atoms with Gasteiger partial charge in [0.05, 0.1) is 6.61 Å². The molecule has 0 heterocycles. The summed E-state index contributed by atoms with van der Waals surface area (Å²) in [6.45, 7) is 3.88. The third-order valence-corrected chi connectivity index (χ3v) is 1.92. The summed E-state index contributed by atoms with van der Waals surface area (Å²) >= 11 is 0. The van der Waals surface area contributed by atoms with Crippen LogP contribution in [0.15, 0.2) is 24.3 Å². The highest BCUT2D eigenvalue weighted by molar-refractivity contribution is 5.87. The summed E-state index contributed by atoms with van der Waals surface area (Å²) in [5.74, 6) is -0.665. The number of carbonyl (C=O) groups is 1. The first kappa shape index (κ1) is 11.4. The van der Waals surface area contributed by atoms with Gasteiger partial charge in [0.2, 0.25) is 0 Å². The molecule has 0 spiro atoms. The Morgan fingerprint density at radius 1 is 1.53 bits per heavy atom. The van der Waals surface area contributed by atoms with E-state index in [-0.39, 0.29) is 11.8 Å². The molecule has 0 bridgehead atoms. The Bertz CT molecular complexity index is 383. The van der Waals surface area contributed by atoms with Crippen molar-refractivity contribution < 1.29 is 13.9 Å². The van der Waals surface area contributed by atoms with E-state index in [1.165, 1.54) is 18.2 Å². The van der Waals surface area contributed by atoms with Crippen molar-refractivity contribution in [1.29, 1.82) is 0 Å². The lowest BCUT2D eigenvalue weighted by Gasteiger charge is -1.99. The average Bonchev–Trinajstić information content (AvgIpc) is 2.17. The Labute approximate surface area is 88.4 Å². The number of benzene rings is 1. The Hall–Kier alpha value is -1.64. The lowest BCUT2D eigenvalue weighted by molar-refractivity contribution is -0.137.